The first-order chi connectivity index (χ1) is 11.9. The highest BCUT2D eigenvalue weighted by Crippen LogP contribution is 2.21. The maximum Gasteiger partial charge on any atom is 0.151 e. The zero-order chi connectivity index (χ0) is 16.5. The van der Waals surface area contributed by atoms with Gasteiger partial charge in [0.1, 0.15) is 12.4 Å². The molecule has 1 aromatic heterocycles. The number of hydrogen-bond acceptors (Lipinski definition) is 6. The second-order valence-corrected chi connectivity index (χ2v) is 6.69. The topological polar surface area (TPSA) is 55.7 Å². The van der Waals surface area contributed by atoms with E-state index in [1.165, 1.54) is 5.56 Å². The van der Waals surface area contributed by atoms with Crippen LogP contribution < -0.4 is 10.1 Å². The van der Waals surface area contributed by atoms with Crippen molar-refractivity contribution < 1.29 is 9.57 Å². The summed E-state index contributed by atoms with van der Waals surface area (Å²) in [7, 11) is 0. The van der Waals surface area contributed by atoms with Crippen molar-refractivity contribution in [3.8, 4) is 5.75 Å². The molecule has 0 saturated carbocycles. The molecular formula is C18H21N3O2S. The predicted octanol–water partition coefficient (Wildman–Crippen LogP) is 2.72. The Hall–Kier alpha value is -2.05. The van der Waals surface area contributed by atoms with Gasteiger partial charge >= 0.3 is 0 Å². The van der Waals surface area contributed by atoms with E-state index in [2.05, 4.69) is 27.6 Å². The zero-order valence-electron chi connectivity index (χ0n) is 13.4. The van der Waals surface area contributed by atoms with Gasteiger partial charge in [0.05, 0.1) is 11.9 Å². The summed E-state index contributed by atoms with van der Waals surface area (Å²) in [6.07, 6.45) is 4.41. The molecule has 0 radical (unpaired) electrons. The molecule has 1 saturated heterocycles. The number of benzene rings is 1. The summed E-state index contributed by atoms with van der Waals surface area (Å²) in [6.45, 7) is 1.95. The highest BCUT2D eigenvalue weighted by molar-refractivity contribution is 8.00. The lowest BCUT2D eigenvalue weighted by atomic mass is 10.1. The van der Waals surface area contributed by atoms with Gasteiger partial charge in [0.2, 0.25) is 0 Å². The van der Waals surface area contributed by atoms with Crippen molar-refractivity contribution in [2.24, 2.45) is 5.16 Å². The summed E-state index contributed by atoms with van der Waals surface area (Å²) in [6, 6.07) is 13.9. The normalized spacial score (nSPS) is 17.2. The van der Waals surface area contributed by atoms with E-state index >= 15 is 0 Å². The number of ether oxygens (including phenoxy) is 1. The van der Waals surface area contributed by atoms with Crippen LogP contribution in [0.25, 0.3) is 0 Å². The van der Waals surface area contributed by atoms with Crippen LogP contribution >= 0.6 is 11.8 Å². The fourth-order valence-electron chi connectivity index (χ4n) is 2.36. The molecule has 2 heterocycles. The lowest BCUT2D eigenvalue weighted by molar-refractivity contribution is 0.108. The molecule has 126 valence electrons. The zero-order valence-corrected chi connectivity index (χ0v) is 14.2. The van der Waals surface area contributed by atoms with Crippen molar-refractivity contribution in [2.75, 3.05) is 25.6 Å². The number of oxime groups is 1. The number of nitrogens with zero attached hydrogens (tertiary/aromatic N) is 2. The van der Waals surface area contributed by atoms with Crippen LogP contribution in [0.3, 0.4) is 0 Å². The minimum Gasteiger partial charge on any atom is -0.490 e. The molecule has 1 aromatic carbocycles. The molecule has 1 unspecified atom stereocenters. The Morgan fingerprint density at radius 3 is 2.88 bits per heavy atom. The Balaban J connectivity index is 1.33. The molecule has 2 aromatic rings. The van der Waals surface area contributed by atoms with Gasteiger partial charge in [-0.25, -0.2) is 0 Å². The number of pyridine rings is 1. The van der Waals surface area contributed by atoms with Crippen molar-refractivity contribution >= 4 is 18.0 Å². The Morgan fingerprint density at radius 1 is 1.21 bits per heavy atom. The smallest absolute Gasteiger partial charge is 0.151 e. The Morgan fingerprint density at radius 2 is 2.12 bits per heavy atom. The predicted molar refractivity (Wildman–Crippen MR) is 97.7 cm³/mol. The first-order valence-corrected chi connectivity index (χ1v) is 9.05. The van der Waals surface area contributed by atoms with E-state index in [1.807, 2.05) is 42.1 Å². The molecule has 1 N–H and O–H groups in total. The van der Waals surface area contributed by atoms with Crippen LogP contribution in [0.1, 0.15) is 11.3 Å². The van der Waals surface area contributed by atoms with Crippen LogP contribution in [0.4, 0.5) is 0 Å². The van der Waals surface area contributed by atoms with Crippen molar-refractivity contribution in [3.05, 3.63) is 59.9 Å². The Kier molecular flexibility index (Phi) is 6.51. The molecule has 0 spiro atoms. The number of nitrogens with one attached hydrogen (secondary N) is 1. The minimum atomic E-state index is 0.398. The van der Waals surface area contributed by atoms with E-state index in [1.54, 1.807) is 12.4 Å². The molecule has 6 heteroatoms. The van der Waals surface area contributed by atoms with Crippen LogP contribution in [0.5, 0.6) is 5.75 Å². The van der Waals surface area contributed by atoms with Crippen molar-refractivity contribution in [1.29, 1.82) is 0 Å². The summed E-state index contributed by atoms with van der Waals surface area (Å²) in [5.41, 5.74) is 2.12. The number of rotatable bonds is 8. The average molecular weight is 343 g/mol. The van der Waals surface area contributed by atoms with Gasteiger partial charge in [0.15, 0.2) is 6.61 Å². The number of aromatic nitrogens is 1. The third-order valence-corrected chi connectivity index (χ3v) is 4.75. The second-order valence-electron chi connectivity index (χ2n) is 5.41. The SMILES string of the molecule is C(=NOCCOc1ccc(CC2CNCS2)cc1)c1ccccn1. The monoisotopic (exact) mass is 343 g/mol. The maximum absolute atomic E-state index is 5.65. The van der Waals surface area contributed by atoms with E-state index in [9.17, 15) is 0 Å². The molecule has 0 aliphatic carbocycles. The van der Waals surface area contributed by atoms with Gasteiger partial charge < -0.3 is 14.9 Å². The van der Waals surface area contributed by atoms with E-state index in [4.69, 9.17) is 9.57 Å². The lowest BCUT2D eigenvalue weighted by Crippen LogP contribution is -2.14. The Labute approximate surface area is 146 Å². The van der Waals surface area contributed by atoms with E-state index in [0.717, 1.165) is 30.3 Å². The molecule has 1 fully saturated rings. The van der Waals surface area contributed by atoms with Gasteiger partial charge in [-0.15, -0.1) is 11.8 Å². The summed E-state index contributed by atoms with van der Waals surface area (Å²) >= 11 is 1.98. The van der Waals surface area contributed by atoms with Crippen LogP contribution in [-0.2, 0) is 11.3 Å². The highest BCUT2D eigenvalue weighted by atomic mass is 32.2. The van der Waals surface area contributed by atoms with Gasteiger partial charge in [-0.2, -0.15) is 0 Å². The van der Waals surface area contributed by atoms with Crippen LogP contribution in [0.15, 0.2) is 53.8 Å². The summed E-state index contributed by atoms with van der Waals surface area (Å²) in [5.74, 6) is 1.92. The molecule has 3 rings (SSSR count). The summed E-state index contributed by atoms with van der Waals surface area (Å²) < 4.78 is 5.65. The largest absolute Gasteiger partial charge is 0.490 e. The number of hydrogen-bond donors (Lipinski definition) is 1. The van der Waals surface area contributed by atoms with Gasteiger partial charge in [-0.3, -0.25) is 4.98 Å². The highest BCUT2D eigenvalue weighted by Gasteiger charge is 2.15. The van der Waals surface area contributed by atoms with Crippen molar-refractivity contribution in [3.63, 3.8) is 0 Å². The summed E-state index contributed by atoms with van der Waals surface area (Å²) in [5, 5.41) is 7.92. The molecule has 24 heavy (non-hydrogen) atoms. The summed E-state index contributed by atoms with van der Waals surface area (Å²) in [4.78, 5) is 9.29. The molecule has 1 atom stereocenters. The minimum absolute atomic E-state index is 0.398. The van der Waals surface area contributed by atoms with Crippen LogP contribution in [0, 0.1) is 0 Å². The van der Waals surface area contributed by atoms with Crippen LogP contribution in [0.2, 0.25) is 0 Å². The van der Waals surface area contributed by atoms with Crippen LogP contribution in [-0.4, -0.2) is 42.1 Å². The van der Waals surface area contributed by atoms with Gasteiger partial charge in [0.25, 0.3) is 0 Å². The maximum atomic E-state index is 5.65. The second kappa shape index (κ2) is 9.30. The quantitative estimate of drug-likeness (QED) is 0.454. The fourth-order valence-corrected chi connectivity index (χ4v) is 3.38. The van der Waals surface area contributed by atoms with E-state index in [0.29, 0.717) is 18.5 Å². The first kappa shape index (κ1) is 16.8. The van der Waals surface area contributed by atoms with Crippen molar-refractivity contribution in [1.82, 2.24) is 10.3 Å². The molecule has 0 amide bonds. The first-order valence-electron chi connectivity index (χ1n) is 8.00. The molecule has 1 aliphatic heterocycles. The third-order valence-electron chi connectivity index (χ3n) is 3.57. The van der Waals surface area contributed by atoms with E-state index < -0.39 is 0 Å². The molecular weight excluding hydrogens is 322 g/mol. The van der Waals surface area contributed by atoms with Crippen molar-refractivity contribution in [2.45, 2.75) is 11.7 Å². The Bertz CT molecular complexity index is 628. The third kappa shape index (κ3) is 5.54. The lowest BCUT2D eigenvalue weighted by Gasteiger charge is -2.09. The molecule has 5 nitrogen and oxygen atoms in total. The standard InChI is InChI=1S/C18H21N3O2S/c1-2-8-20-16(3-1)12-21-23-10-9-22-17-6-4-15(5-7-17)11-18-13-19-14-24-18/h1-8,12,18-19H,9-11,13-14H2. The van der Waals surface area contributed by atoms with Gasteiger partial charge in [-0.05, 0) is 36.2 Å². The van der Waals surface area contributed by atoms with Gasteiger partial charge in [0, 0.05) is 23.9 Å². The average Bonchev–Trinajstić information content (AvgIpc) is 3.13. The molecule has 1 aliphatic rings. The molecule has 0 bridgehead atoms. The van der Waals surface area contributed by atoms with E-state index in [-0.39, 0.29) is 0 Å². The number of thioether (sulfide) groups is 1. The van der Waals surface area contributed by atoms with Gasteiger partial charge in [-0.1, -0.05) is 23.4 Å². The fraction of sp³-hybridized carbons (Fsp3) is 0.333.